The van der Waals surface area contributed by atoms with Gasteiger partial charge in [-0.3, -0.25) is 0 Å². The molecule has 1 aliphatic heterocycles. The van der Waals surface area contributed by atoms with Crippen molar-refractivity contribution in [1.82, 2.24) is 4.98 Å². The van der Waals surface area contributed by atoms with E-state index < -0.39 is 0 Å². The first kappa shape index (κ1) is 13.7. The molecule has 0 spiro atoms. The van der Waals surface area contributed by atoms with Crippen molar-refractivity contribution in [2.24, 2.45) is 0 Å². The lowest BCUT2D eigenvalue weighted by atomic mass is 10.2. The molecule has 1 aliphatic rings. The Kier molecular flexibility index (Phi) is 3.37. The zero-order valence-electron chi connectivity index (χ0n) is 11.9. The Labute approximate surface area is 135 Å². The van der Waals surface area contributed by atoms with Gasteiger partial charge >= 0.3 is 0 Å². The molecule has 3 aromatic rings. The summed E-state index contributed by atoms with van der Waals surface area (Å²) in [6, 6.07) is 11.5. The largest absolute Gasteiger partial charge is 0.454 e. The first-order chi connectivity index (χ1) is 11.3. The van der Waals surface area contributed by atoms with Crippen LogP contribution in [-0.2, 0) is 6.54 Å². The van der Waals surface area contributed by atoms with Gasteiger partial charge in [-0.25, -0.2) is 0 Å². The van der Waals surface area contributed by atoms with E-state index in [9.17, 15) is 5.26 Å². The Bertz CT molecular complexity index is 881. The van der Waals surface area contributed by atoms with Gasteiger partial charge in [-0.15, -0.1) is 11.3 Å². The molecule has 7 heteroatoms. The normalized spacial score (nSPS) is 12.1. The second kappa shape index (κ2) is 5.66. The third-order valence-corrected chi connectivity index (χ3v) is 4.24. The highest BCUT2D eigenvalue weighted by Gasteiger charge is 2.19. The zero-order valence-corrected chi connectivity index (χ0v) is 12.7. The summed E-state index contributed by atoms with van der Waals surface area (Å²) in [5.41, 5.74) is 1.16. The van der Waals surface area contributed by atoms with Gasteiger partial charge in [0.05, 0.1) is 4.88 Å². The summed E-state index contributed by atoms with van der Waals surface area (Å²) in [6.07, 6.45) is 0. The average Bonchev–Trinajstić information content (AvgIpc) is 3.31. The molecule has 0 fully saturated rings. The molecule has 2 aromatic heterocycles. The minimum Gasteiger partial charge on any atom is -0.454 e. The van der Waals surface area contributed by atoms with Gasteiger partial charge in [0.25, 0.3) is 0 Å². The number of nitriles is 1. The first-order valence-corrected chi connectivity index (χ1v) is 7.79. The van der Waals surface area contributed by atoms with Crippen LogP contribution in [0.4, 0.5) is 5.88 Å². The van der Waals surface area contributed by atoms with Crippen molar-refractivity contribution >= 4 is 17.2 Å². The van der Waals surface area contributed by atoms with Gasteiger partial charge in [-0.2, -0.15) is 10.2 Å². The first-order valence-electron chi connectivity index (χ1n) is 6.91. The monoisotopic (exact) mass is 325 g/mol. The molecule has 0 unspecified atom stereocenters. The van der Waals surface area contributed by atoms with E-state index in [2.05, 4.69) is 10.3 Å². The number of anilines is 1. The number of aromatic nitrogens is 1. The number of hydrogen-bond acceptors (Lipinski definition) is 7. The number of hydrogen-bond donors (Lipinski definition) is 1. The molecule has 3 heterocycles. The molecular formula is C16H11N3O3S. The number of nitrogens with zero attached hydrogens (tertiary/aromatic N) is 2. The fraction of sp³-hybridized carbons (Fsp3) is 0.125. The van der Waals surface area contributed by atoms with Crippen LogP contribution in [0.5, 0.6) is 11.5 Å². The Morgan fingerprint density at radius 2 is 2.22 bits per heavy atom. The summed E-state index contributed by atoms with van der Waals surface area (Å²) < 4.78 is 16.5. The van der Waals surface area contributed by atoms with E-state index in [0.29, 0.717) is 18.3 Å². The fourth-order valence-corrected chi connectivity index (χ4v) is 2.98. The van der Waals surface area contributed by atoms with Gasteiger partial charge < -0.3 is 19.2 Å². The molecule has 6 nitrogen and oxygen atoms in total. The minimum atomic E-state index is 0.223. The zero-order chi connectivity index (χ0) is 15.6. The van der Waals surface area contributed by atoms with Crippen molar-refractivity contribution in [2.45, 2.75) is 6.54 Å². The van der Waals surface area contributed by atoms with Crippen molar-refractivity contribution in [3.8, 4) is 28.3 Å². The standard InChI is InChI=1S/C16H11N3O3S/c17-7-11-15(22-16(19-11)13-5-2-6-23-13)18-8-10-3-1-4-12-14(10)21-9-20-12/h1-6,18H,8-9H2. The van der Waals surface area contributed by atoms with Gasteiger partial charge in [0, 0.05) is 12.1 Å². The van der Waals surface area contributed by atoms with Gasteiger partial charge in [-0.1, -0.05) is 18.2 Å². The highest BCUT2D eigenvalue weighted by Crippen LogP contribution is 2.36. The van der Waals surface area contributed by atoms with E-state index >= 15 is 0 Å². The van der Waals surface area contributed by atoms with Crippen LogP contribution >= 0.6 is 11.3 Å². The minimum absolute atomic E-state index is 0.223. The highest BCUT2D eigenvalue weighted by molar-refractivity contribution is 7.13. The van der Waals surface area contributed by atoms with E-state index in [1.54, 1.807) is 0 Å². The Balaban J connectivity index is 1.58. The van der Waals surface area contributed by atoms with Crippen molar-refractivity contribution in [3.63, 3.8) is 0 Å². The Morgan fingerprint density at radius 3 is 3.04 bits per heavy atom. The quantitative estimate of drug-likeness (QED) is 0.789. The third kappa shape index (κ3) is 2.49. The molecule has 1 N–H and O–H groups in total. The fourth-order valence-electron chi connectivity index (χ4n) is 2.33. The van der Waals surface area contributed by atoms with Crippen LogP contribution in [0.3, 0.4) is 0 Å². The molecule has 0 atom stereocenters. The van der Waals surface area contributed by atoms with Crippen LogP contribution in [-0.4, -0.2) is 11.8 Å². The number of nitrogens with one attached hydrogen (secondary N) is 1. The molecule has 0 amide bonds. The topological polar surface area (TPSA) is 80.3 Å². The van der Waals surface area contributed by atoms with Crippen molar-refractivity contribution in [1.29, 1.82) is 5.26 Å². The van der Waals surface area contributed by atoms with Gasteiger partial charge in [-0.05, 0) is 17.5 Å². The van der Waals surface area contributed by atoms with Crippen LogP contribution in [0.1, 0.15) is 11.3 Å². The number of rotatable bonds is 4. The smallest absolute Gasteiger partial charge is 0.240 e. The summed E-state index contributed by atoms with van der Waals surface area (Å²) in [5, 5.41) is 14.3. The van der Waals surface area contributed by atoms with E-state index in [1.807, 2.05) is 41.8 Å². The molecule has 0 saturated heterocycles. The number of thiophene rings is 1. The van der Waals surface area contributed by atoms with Crippen LogP contribution < -0.4 is 14.8 Å². The molecule has 4 rings (SSSR count). The molecule has 1 aromatic carbocycles. The summed E-state index contributed by atoms with van der Waals surface area (Å²) in [6.45, 7) is 0.668. The average molecular weight is 325 g/mol. The van der Waals surface area contributed by atoms with Crippen LogP contribution in [0.25, 0.3) is 10.8 Å². The predicted molar refractivity (Wildman–Crippen MR) is 84.4 cm³/mol. The summed E-state index contributed by atoms with van der Waals surface area (Å²) in [4.78, 5) is 5.10. The van der Waals surface area contributed by atoms with Crippen LogP contribution in [0.15, 0.2) is 40.1 Å². The predicted octanol–water partition coefficient (Wildman–Crippen LogP) is 3.62. The highest BCUT2D eigenvalue weighted by atomic mass is 32.1. The molecular weight excluding hydrogens is 314 g/mol. The lowest BCUT2D eigenvalue weighted by Crippen LogP contribution is -2.01. The van der Waals surface area contributed by atoms with E-state index in [1.165, 1.54) is 11.3 Å². The second-order valence-corrected chi connectivity index (χ2v) is 5.74. The van der Waals surface area contributed by atoms with E-state index in [0.717, 1.165) is 21.9 Å². The molecule has 0 saturated carbocycles. The van der Waals surface area contributed by atoms with Gasteiger partial charge in [0.1, 0.15) is 6.07 Å². The summed E-state index contributed by atoms with van der Waals surface area (Å²) >= 11 is 1.51. The van der Waals surface area contributed by atoms with E-state index in [-0.39, 0.29) is 12.5 Å². The molecule has 23 heavy (non-hydrogen) atoms. The van der Waals surface area contributed by atoms with Gasteiger partial charge in [0.15, 0.2) is 11.5 Å². The maximum absolute atomic E-state index is 9.23. The van der Waals surface area contributed by atoms with Gasteiger partial charge in [0.2, 0.25) is 24.3 Å². The number of ether oxygens (including phenoxy) is 2. The van der Waals surface area contributed by atoms with E-state index in [4.69, 9.17) is 13.9 Å². The summed E-state index contributed by atoms with van der Waals surface area (Å²) in [5.74, 6) is 2.24. The molecule has 0 aliphatic carbocycles. The third-order valence-electron chi connectivity index (χ3n) is 3.38. The maximum Gasteiger partial charge on any atom is 0.240 e. The number of fused-ring (bicyclic) bond motifs is 1. The van der Waals surface area contributed by atoms with Crippen LogP contribution in [0.2, 0.25) is 0 Å². The lowest BCUT2D eigenvalue weighted by molar-refractivity contribution is 0.173. The van der Waals surface area contributed by atoms with Crippen LogP contribution in [0, 0.1) is 11.3 Å². The molecule has 0 radical (unpaired) electrons. The SMILES string of the molecule is N#Cc1nc(-c2cccs2)oc1NCc1cccc2c1OCO2. The molecule has 114 valence electrons. The summed E-state index contributed by atoms with van der Waals surface area (Å²) in [7, 11) is 0. The Hall–Kier alpha value is -2.98. The van der Waals surface area contributed by atoms with Crippen molar-refractivity contribution < 1.29 is 13.9 Å². The number of oxazole rings is 1. The number of benzene rings is 1. The lowest BCUT2D eigenvalue weighted by Gasteiger charge is -2.06. The Morgan fingerprint density at radius 1 is 1.26 bits per heavy atom. The second-order valence-electron chi connectivity index (χ2n) is 4.79. The maximum atomic E-state index is 9.23. The van der Waals surface area contributed by atoms with Crippen molar-refractivity contribution in [2.75, 3.05) is 12.1 Å². The number of para-hydroxylation sites is 1. The van der Waals surface area contributed by atoms with Crippen molar-refractivity contribution in [3.05, 3.63) is 47.0 Å². The molecule has 0 bridgehead atoms.